The number of anilines is 1. The fourth-order valence-electron chi connectivity index (χ4n) is 4.86. The fraction of sp³-hybridized carbons (Fsp3) is 0.233. The molecule has 0 bridgehead atoms. The van der Waals surface area contributed by atoms with E-state index in [1.165, 1.54) is 12.1 Å². The second-order valence-corrected chi connectivity index (χ2v) is 10.3. The molecule has 5 aromatic heterocycles. The third kappa shape index (κ3) is 5.41. The number of aromatic amines is 2. The van der Waals surface area contributed by atoms with Gasteiger partial charge in [0.2, 0.25) is 0 Å². The van der Waals surface area contributed by atoms with Crippen LogP contribution in [0.3, 0.4) is 0 Å². The zero-order chi connectivity index (χ0) is 29.2. The third-order valence-corrected chi connectivity index (χ3v) is 6.91. The minimum absolute atomic E-state index is 0.170. The number of imidazole rings is 1. The quantitative estimate of drug-likeness (QED) is 0.182. The van der Waals surface area contributed by atoms with E-state index < -0.39 is 5.82 Å². The maximum absolute atomic E-state index is 16.1. The molecule has 1 aromatic carbocycles. The number of fused-ring (bicyclic) bond motifs is 2. The van der Waals surface area contributed by atoms with Gasteiger partial charge in [0.25, 0.3) is 0 Å². The van der Waals surface area contributed by atoms with E-state index >= 15 is 4.39 Å². The summed E-state index contributed by atoms with van der Waals surface area (Å²) in [7, 11) is 3.96. The van der Waals surface area contributed by atoms with Crippen LogP contribution in [0, 0.1) is 11.6 Å². The van der Waals surface area contributed by atoms with Gasteiger partial charge in [-0.3, -0.25) is 20.1 Å². The highest BCUT2D eigenvalue weighted by molar-refractivity contribution is 5.98. The minimum atomic E-state index is -0.531. The number of H-pyrrole nitrogens is 2. The Kier molecular flexibility index (Phi) is 7.55. The van der Waals surface area contributed by atoms with Gasteiger partial charge in [-0.1, -0.05) is 6.92 Å². The Morgan fingerprint density at radius 2 is 1.76 bits per heavy atom. The normalized spacial score (nSPS) is 11.7. The molecule has 0 unspecified atom stereocenters. The number of nitrogens with one attached hydrogen (secondary N) is 4. The van der Waals surface area contributed by atoms with Gasteiger partial charge >= 0.3 is 0 Å². The van der Waals surface area contributed by atoms with Crippen molar-refractivity contribution in [2.75, 3.05) is 39.0 Å². The van der Waals surface area contributed by atoms with Crippen molar-refractivity contribution in [3.05, 3.63) is 72.4 Å². The number of hydrogen-bond donors (Lipinski definition) is 4. The zero-order valence-electron chi connectivity index (χ0n) is 23.5. The van der Waals surface area contributed by atoms with E-state index in [1.807, 2.05) is 38.1 Å². The molecule has 0 aliphatic rings. The summed E-state index contributed by atoms with van der Waals surface area (Å²) >= 11 is 0. The van der Waals surface area contributed by atoms with Crippen molar-refractivity contribution in [2.24, 2.45) is 0 Å². The molecule has 10 nitrogen and oxygen atoms in total. The summed E-state index contributed by atoms with van der Waals surface area (Å²) in [5.41, 5.74) is 5.48. The first-order valence-corrected chi connectivity index (χ1v) is 13.6. The van der Waals surface area contributed by atoms with Crippen molar-refractivity contribution >= 4 is 27.6 Å². The Bertz CT molecular complexity index is 1880. The van der Waals surface area contributed by atoms with Crippen molar-refractivity contribution in [3.63, 3.8) is 0 Å². The summed E-state index contributed by atoms with van der Waals surface area (Å²) in [5, 5.41) is 14.0. The molecule has 0 spiro atoms. The average Bonchev–Trinajstić information content (AvgIpc) is 3.61. The van der Waals surface area contributed by atoms with E-state index in [0.717, 1.165) is 18.7 Å². The lowest BCUT2D eigenvalue weighted by Gasteiger charge is -2.12. The number of rotatable bonds is 10. The Balaban J connectivity index is 1.40. The second kappa shape index (κ2) is 11.6. The molecule has 0 aliphatic carbocycles. The standard InChI is InChI=1S/C30H30F2N10/c1-4-33-11-17-7-19(13-34-12-17)27-26(32)25-23(16-37-27)40-41-29(25)30-38-24-15-35-14-22(28(24)39-30)18-8-20(31)10-21(9-18)36-5-6-42(2)3/h7-10,12-16,33,36H,4-6,11H2,1-3H3,(H,38,39)(H,40,41). The van der Waals surface area contributed by atoms with Crippen LogP contribution in [0.1, 0.15) is 12.5 Å². The molecule has 6 rings (SSSR count). The summed E-state index contributed by atoms with van der Waals surface area (Å²) in [5.74, 6) is -0.561. The van der Waals surface area contributed by atoms with Gasteiger partial charge in [0.15, 0.2) is 11.6 Å². The first-order valence-electron chi connectivity index (χ1n) is 13.6. The van der Waals surface area contributed by atoms with Gasteiger partial charge in [0, 0.05) is 55.0 Å². The van der Waals surface area contributed by atoms with E-state index in [-0.39, 0.29) is 16.9 Å². The average molecular weight is 569 g/mol. The molecule has 214 valence electrons. The van der Waals surface area contributed by atoms with E-state index in [4.69, 9.17) is 4.98 Å². The molecule has 0 amide bonds. The SMILES string of the molecule is CCNCc1cncc(-c2ncc3[nH]nc(-c4nc5c(-c6cc(F)cc(NCCN(C)C)c6)cncc5[nH]4)c3c2F)c1. The van der Waals surface area contributed by atoms with Crippen molar-refractivity contribution in [1.82, 2.24) is 45.3 Å². The number of nitrogens with zero attached hydrogens (tertiary/aromatic N) is 6. The summed E-state index contributed by atoms with van der Waals surface area (Å²) in [6.45, 7) is 4.91. The van der Waals surface area contributed by atoms with Crippen molar-refractivity contribution in [1.29, 1.82) is 0 Å². The Labute approximate surface area is 240 Å². The Morgan fingerprint density at radius 1 is 0.905 bits per heavy atom. The third-order valence-electron chi connectivity index (χ3n) is 6.91. The topological polar surface area (TPSA) is 123 Å². The Hall–Kier alpha value is -4.81. The van der Waals surface area contributed by atoms with E-state index in [0.29, 0.717) is 63.5 Å². The number of aromatic nitrogens is 7. The zero-order valence-corrected chi connectivity index (χ0v) is 23.5. The highest BCUT2D eigenvalue weighted by Gasteiger charge is 2.21. The van der Waals surface area contributed by atoms with Crippen molar-refractivity contribution in [3.8, 4) is 33.9 Å². The lowest BCUT2D eigenvalue weighted by atomic mass is 10.1. The molecule has 0 saturated heterocycles. The fourth-order valence-corrected chi connectivity index (χ4v) is 4.86. The molecule has 0 fully saturated rings. The van der Waals surface area contributed by atoms with Crippen LogP contribution in [-0.2, 0) is 6.54 Å². The summed E-state index contributed by atoms with van der Waals surface area (Å²) < 4.78 is 30.7. The largest absolute Gasteiger partial charge is 0.384 e. The highest BCUT2D eigenvalue weighted by Crippen LogP contribution is 2.35. The molecule has 42 heavy (non-hydrogen) atoms. The number of likely N-dealkylation sites (N-methyl/N-ethyl adjacent to an activating group) is 1. The molecule has 0 radical (unpaired) electrons. The van der Waals surface area contributed by atoms with Crippen LogP contribution < -0.4 is 10.6 Å². The van der Waals surface area contributed by atoms with Crippen molar-refractivity contribution < 1.29 is 8.78 Å². The summed E-state index contributed by atoms with van der Waals surface area (Å²) in [4.78, 5) is 23.0. The number of hydrogen-bond acceptors (Lipinski definition) is 8. The monoisotopic (exact) mass is 568 g/mol. The van der Waals surface area contributed by atoms with E-state index in [9.17, 15) is 4.39 Å². The maximum atomic E-state index is 16.1. The van der Waals surface area contributed by atoms with Crippen LogP contribution in [0.4, 0.5) is 14.5 Å². The first kappa shape index (κ1) is 27.4. The molecule has 6 aromatic rings. The Morgan fingerprint density at radius 3 is 2.60 bits per heavy atom. The molecule has 12 heteroatoms. The van der Waals surface area contributed by atoms with E-state index in [2.05, 4.69) is 40.8 Å². The predicted octanol–water partition coefficient (Wildman–Crippen LogP) is 4.99. The van der Waals surface area contributed by atoms with Crippen LogP contribution in [0.25, 0.3) is 55.8 Å². The summed E-state index contributed by atoms with van der Waals surface area (Å²) in [6, 6.07) is 6.64. The predicted molar refractivity (Wildman–Crippen MR) is 160 cm³/mol. The molecule has 5 heterocycles. The van der Waals surface area contributed by atoms with Gasteiger partial charge in [0.1, 0.15) is 17.2 Å². The smallest absolute Gasteiger partial charge is 0.161 e. The molecular weight excluding hydrogens is 538 g/mol. The number of benzene rings is 1. The van der Waals surface area contributed by atoms with Gasteiger partial charge in [-0.2, -0.15) is 5.10 Å². The molecule has 0 aliphatic heterocycles. The minimum Gasteiger partial charge on any atom is -0.384 e. The van der Waals surface area contributed by atoms with Gasteiger partial charge < -0.3 is 20.5 Å². The molecule has 4 N–H and O–H groups in total. The number of pyridine rings is 3. The number of halogens is 2. The first-order chi connectivity index (χ1) is 20.4. The van der Waals surface area contributed by atoms with Gasteiger partial charge in [0.05, 0.1) is 34.3 Å². The van der Waals surface area contributed by atoms with Gasteiger partial charge in [-0.05, 0) is 56.0 Å². The van der Waals surface area contributed by atoms with Crippen molar-refractivity contribution in [2.45, 2.75) is 13.5 Å². The van der Waals surface area contributed by atoms with Crippen LogP contribution in [0.5, 0.6) is 0 Å². The molecule has 0 atom stereocenters. The van der Waals surface area contributed by atoms with Crippen LogP contribution in [0.2, 0.25) is 0 Å². The second-order valence-electron chi connectivity index (χ2n) is 10.3. The lowest BCUT2D eigenvalue weighted by Crippen LogP contribution is -2.20. The van der Waals surface area contributed by atoms with Crippen LogP contribution in [-0.4, -0.2) is 73.7 Å². The van der Waals surface area contributed by atoms with Gasteiger partial charge in [-0.25, -0.2) is 13.8 Å². The highest BCUT2D eigenvalue weighted by atomic mass is 19.1. The molecule has 0 saturated carbocycles. The van der Waals surface area contributed by atoms with Crippen LogP contribution in [0.15, 0.2) is 55.2 Å². The maximum Gasteiger partial charge on any atom is 0.161 e. The lowest BCUT2D eigenvalue weighted by molar-refractivity contribution is 0.425. The van der Waals surface area contributed by atoms with Crippen LogP contribution >= 0.6 is 0 Å². The summed E-state index contributed by atoms with van der Waals surface area (Å²) in [6.07, 6.45) is 8.16. The van der Waals surface area contributed by atoms with Gasteiger partial charge in [-0.15, -0.1) is 0 Å². The van der Waals surface area contributed by atoms with E-state index in [1.54, 1.807) is 31.0 Å². The molecular formula is C30H30F2N10.